The molecule has 0 aromatic rings. The molecule has 0 aliphatic rings. The number of hydrogen-bond donors (Lipinski definition) is 1. The van der Waals surface area contributed by atoms with Gasteiger partial charge in [-0.05, 0) is 18.8 Å². The minimum atomic E-state index is -0.0394. The molecule has 0 aliphatic carbocycles. The van der Waals surface area contributed by atoms with Gasteiger partial charge in [0.2, 0.25) is 5.91 Å². The van der Waals surface area contributed by atoms with E-state index in [1.807, 2.05) is 0 Å². The highest BCUT2D eigenvalue weighted by Gasteiger charge is 2.08. The van der Waals surface area contributed by atoms with Gasteiger partial charge in [-0.2, -0.15) is 0 Å². The Hall–Kier alpha value is -0.790. The third-order valence-electron chi connectivity index (χ3n) is 2.11. The van der Waals surface area contributed by atoms with Gasteiger partial charge < -0.3 is 5.32 Å². The molecule has 0 aromatic carbocycles. The number of carbonyl (C=O) groups excluding carboxylic acids is 1. The van der Waals surface area contributed by atoms with Crippen LogP contribution in [0.15, 0.2) is 12.2 Å². The summed E-state index contributed by atoms with van der Waals surface area (Å²) >= 11 is 0. The van der Waals surface area contributed by atoms with Crippen LogP contribution in [0.2, 0.25) is 0 Å². The fourth-order valence-electron chi connectivity index (χ4n) is 0.640. The second kappa shape index (κ2) is 4.96. The van der Waals surface area contributed by atoms with E-state index in [1.165, 1.54) is 0 Å². The van der Waals surface area contributed by atoms with E-state index in [0.717, 1.165) is 6.54 Å². The number of rotatable bonds is 4. The lowest BCUT2D eigenvalue weighted by Gasteiger charge is -2.15. The Balaban J connectivity index is 3.69. The Morgan fingerprint density at radius 3 is 2.25 bits per heavy atom. The molecule has 0 aliphatic heterocycles. The van der Waals surface area contributed by atoms with Crippen molar-refractivity contribution in [3.8, 4) is 0 Å². The van der Waals surface area contributed by atoms with Gasteiger partial charge in [-0.25, -0.2) is 0 Å². The largest absolute Gasteiger partial charge is 0.352 e. The van der Waals surface area contributed by atoms with E-state index in [4.69, 9.17) is 0 Å². The number of hydrogen-bond acceptors (Lipinski definition) is 1. The zero-order valence-electron chi connectivity index (χ0n) is 8.48. The summed E-state index contributed by atoms with van der Waals surface area (Å²) in [6.07, 6.45) is 0. The van der Waals surface area contributed by atoms with Gasteiger partial charge in [0, 0.05) is 12.1 Å². The van der Waals surface area contributed by atoms with Crippen molar-refractivity contribution in [2.45, 2.75) is 27.7 Å². The molecule has 0 bridgehead atoms. The van der Waals surface area contributed by atoms with E-state index in [2.05, 4.69) is 32.7 Å². The van der Waals surface area contributed by atoms with Gasteiger partial charge in [0.25, 0.3) is 0 Å². The molecule has 2 heteroatoms. The predicted molar refractivity (Wildman–Crippen MR) is 51.8 cm³/mol. The summed E-state index contributed by atoms with van der Waals surface area (Å²) in [6.45, 7) is 12.5. The van der Waals surface area contributed by atoms with Gasteiger partial charge in [-0.1, -0.05) is 27.4 Å². The van der Waals surface area contributed by atoms with Gasteiger partial charge >= 0.3 is 0 Å². The van der Waals surface area contributed by atoms with Crippen LogP contribution in [0, 0.1) is 11.8 Å². The molecule has 1 N–H and O–H groups in total. The smallest absolute Gasteiger partial charge is 0.246 e. The van der Waals surface area contributed by atoms with Crippen LogP contribution >= 0.6 is 0 Å². The van der Waals surface area contributed by atoms with Crippen LogP contribution in [0.4, 0.5) is 0 Å². The first-order valence-electron chi connectivity index (χ1n) is 4.38. The van der Waals surface area contributed by atoms with Gasteiger partial charge in [-0.15, -0.1) is 0 Å². The molecule has 12 heavy (non-hydrogen) atoms. The molecule has 0 spiro atoms. The summed E-state index contributed by atoms with van der Waals surface area (Å²) in [5.74, 6) is 1.09. The summed E-state index contributed by atoms with van der Waals surface area (Å²) in [5.41, 5.74) is 0.575. The molecule has 1 amide bonds. The van der Waals surface area contributed by atoms with Crippen molar-refractivity contribution >= 4 is 5.91 Å². The Kier molecular flexibility index (Phi) is 4.64. The molecule has 0 radical (unpaired) electrons. The zero-order chi connectivity index (χ0) is 9.72. The molecule has 70 valence electrons. The van der Waals surface area contributed by atoms with Crippen molar-refractivity contribution in [3.05, 3.63) is 12.2 Å². The highest BCUT2D eigenvalue weighted by atomic mass is 16.1. The zero-order valence-corrected chi connectivity index (χ0v) is 8.48. The van der Waals surface area contributed by atoms with Gasteiger partial charge in [0.15, 0.2) is 0 Å². The van der Waals surface area contributed by atoms with Crippen molar-refractivity contribution in [2.24, 2.45) is 11.8 Å². The second-order valence-electron chi connectivity index (χ2n) is 3.71. The molecule has 1 unspecified atom stereocenters. The normalized spacial score (nSPS) is 12.8. The quantitative estimate of drug-likeness (QED) is 0.640. The van der Waals surface area contributed by atoms with Crippen LogP contribution < -0.4 is 5.32 Å². The summed E-state index contributed by atoms with van der Waals surface area (Å²) < 4.78 is 0. The summed E-state index contributed by atoms with van der Waals surface area (Å²) in [4.78, 5) is 11.1. The average molecular weight is 169 g/mol. The van der Waals surface area contributed by atoms with Crippen molar-refractivity contribution < 1.29 is 4.79 Å². The number of carbonyl (C=O) groups is 1. The third kappa shape index (κ3) is 4.16. The molecular weight excluding hydrogens is 150 g/mol. The topological polar surface area (TPSA) is 29.1 Å². The fraction of sp³-hybridized carbons (Fsp3) is 0.700. The molecule has 0 saturated carbocycles. The standard InChI is InChI=1S/C10H19NO/c1-7(2)9(5)6-11-10(12)8(3)4/h7,9H,3,6H2,1-2,4-5H3,(H,11,12). The maximum atomic E-state index is 11.1. The highest BCUT2D eigenvalue weighted by Crippen LogP contribution is 2.07. The first kappa shape index (κ1) is 11.2. The van der Waals surface area contributed by atoms with E-state index >= 15 is 0 Å². The Morgan fingerprint density at radius 1 is 1.42 bits per heavy atom. The number of amides is 1. The predicted octanol–water partition coefficient (Wildman–Crippen LogP) is 1.97. The van der Waals surface area contributed by atoms with Crippen LogP contribution in [0.3, 0.4) is 0 Å². The summed E-state index contributed by atoms with van der Waals surface area (Å²) in [7, 11) is 0. The molecule has 1 atom stereocenters. The molecule has 0 fully saturated rings. The molecule has 0 saturated heterocycles. The summed E-state index contributed by atoms with van der Waals surface area (Å²) in [5, 5.41) is 2.82. The van der Waals surface area contributed by atoms with Crippen LogP contribution in [-0.2, 0) is 4.79 Å². The first-order valence-corrected chi connectivity index (χ1v) is 4.38. The van der Waals surface area contributed by atoms with Crippen LogP contribution in [0.25, 0.3) is 0 Å². The van der Waals surface area contributed by atoms with Crippen LogP contribution in [-0.4, -0.2) is 12.5 Å². The number of nitrogens with one attached hydrogen (secondary N) is 1. The fourth-order valence-corrected chi connectivity index (χ4v) is 0.640. The second-order valence-corrected chi connectivity index (χ2v) is 3.71. The van der Waals surface area contributed by atoms with Gasteiger partial charge in [0.05, 0.1) is 0 Å². The summed E-state index contributed by atoms with van der Waals surface area (Å²) in [6, 6.07) is 0. The van der Waals surface area contributed by atoms with E-state index in [-0.39, 0.29) is 5.91 Å². The van der Waals surface area contributed by atoms with E-state index < -0.39 is 0 Å². The van der Waals surface area contributed by atoms with Crippen molar-refractivity contribution in [2.75, 3.05) is 6.54 Å². The Labute approximate surface area is 75.0 Å². The van der Waals surface area contributed by atoms with E-state index in [1.54, 1.807) is 6.92 Å². The minimum absolute atomic E-state index is 0.0394. The van der Waals surface area contributed by atoms with Gasteiger partial charge in [0.1, 0.15) is 0 Å². The maximum absolute atomic E-state index is 11.1. The van der Waals surface area contributed by atoms with Crippen LogP contribution in [0.5, 0.6) is 0 Å². The van der Waals surface area contributed by atoms with Crippen molar-refractivity contribution in [1.29, 1.82) is 0 Å². The molecule has 0 heterocycles. The minimum Gasteiger partial charge on any atom is -0.352 e. The van der Waals surface area contributed by atoms with E-state index in [9.17, 15) is 4.79 Å². The molecule has 0 rings (SSSR count). The lowest BCUT2D eigenvalue weighted by atomic mass is 9.98. The van der Waals surface area contributed by atoms with Crippen LogP contribution in [0.1, 0.15) is 27.7 Å². The molecule has 2 nitrogen and oxygen atoms in total. The van der Waals surface area contributed by atoms with Crippen molar-refractivity contribution in [1.82, 2.24) is 5.32 Å². The SMILES string of the molecule is C=C(C)C(=O)NCC(C)C(C)C. The Bertz CT molecular complexity index is 173. The molecule has 0 aromatic heterocycles. The molecular formula is C10H19NO. The monoisotopic (exact) mass is 169 g/mol. The lowest BCUT2D eigenvalue weighted by molar-refractivity contribution is -0.117. The van der Waals surface area contributed by atoms with Crippen molar-refractivity contribution in [3.63, 3.8) is 0 Å². The average Bonchev–Trinajstić information content (AvgIpc) is 1.98. The lowest BCUT2D eigenvalue weighted by Crippen LogP contribution is -2.30. The Morgan fingerprint density at radius 2 is 1.92 bits per heavy atom. The first-order chi connectivity index (χ1) is 5.45. The third-order valence-corrected chi connectivity index (χ3v) is 2.11. The highest BCUT2D eigenvalue weighted by molar-refractivity contribution is 5.92. The maximum Gasteiger partial charge on any atom is 0.246 e. The van der Waals surface area contributed by atoms with E-state index in [0.29, 0.717) is 17.4 Å². The van der Waals surface area contributed by atoms with Gasteiger partial charge in [-0.3, -0.25) is 4.79 Å².